The van der Waals surface area contributed by atoms with Crippen molar-refractivity contribution in [1.29, 1.82) is 0 Å². The summed E-state index contributed by atoms with van der Waals surface area (Å²) < 4.78 is 58.8. The number of nitrogens with zero attached hydrogens (tertiary/aromatic N) is 1. The number of alkyl halides is 1. The van der Waals surface area contributed by atoms with E-state index in [9.17, 15) is 28.4 Å². The smallest absolute Gasteiger partial charge is 0.432 e. The maximum Gasteiger partial charge on any atom is 0.510 e. The molecule has 2 saturated heterocycles. The maximum atomic E-state index is 14.9. The van der Waals surface area contributed by atoms with Crippen molar-refractivity contribution in [2.24, 2.45) is 0 Å². The number of hydrogen-bond donors (Lipinski definition) is 2. The van der Waals surface area contributed by atoms with Gasteiger partial charge in [0.2, 0.25) is 6.79 Å². The Kier molecular flexibility index (Phi) is 4.96. The monoisotopic (exact) mass is 466 g/mol. The Morgan fingerprint density at radius 1 is 1.48 bits per heavy atom. The molecule has 1 aromatic heterocycles. The van der Waals surface area contributed by atoms with Crippen LogP contribution < -0.4 is 11.2 Å². The van der Waals surface area contributed by atoms with Gasteiger partial charge in [-0.3, -0.25) is 23.4 Å². The molecule has 1 saturated carbocycles. The van der Waals surface area contributed by atoms with Gasteiger partial charge in [0.25, 0.3) is 5.56 Å². The second kappa shape index (κ2) is 6.95. The van der Waals surface area contributed by atoms with E-state index in [4.69, 9.17) is 23.0 Å². The van der Waals surface area contributed by atoms with Gasteiger partial charge in [0.15, 0.2) is 23.6 Å². The number of aromatic nitrogens is 2. The predicted octanol–water partition coefficient (Wildman–Crippen LogP) is 0.336. The lowest BCUT2D eigenvalue weighted by molar-refractivity contribution is -0.152. The van der Waals surface area contributed by atoms with E-state index >= 15 is 0 Å². The van der Waals surface area contributed by atoms with Gasteiger partial charge in [-0.05, 0) is 20.8 Å². The van der Waals surface area contributed by atoms with Crippen LogP contribution in [-0.4, -0.2) is 63.3 Å². The number of halogens is 1. The Hall–Kier alpha value is -2.09. The molecular weight excluding hydrogens is 446 g/mol. The van der Waals surface area contributed by atoms with Gasteiger partial charge in [-0.25, -0.2) is 23.1 Å². The third kappa shape index (κ3) is 3.09. The molecule has 172 valence electrons. The van der Waals surface area contributed by atoms with Crippen LogP contribution in [0.5, 0.6) is 0 Å². The summed E-state index contributed by atoms with van der Waals surface area (Å²) in [6.07, 6.45) is -3.99. The molecule has 0 radical (unpaired) electrons. The molecule has 0 amide bonds. The quantitative estimate of drug-likeness (QED) is 0.349. The number of H-pyrrole nitrogens is 1. The molecule has 4 rings (SSSR count). The van der Waals surface area contributed by atoms with E-state index in [1.165, 1.54) is 0 Å². The average Bonchev–Trinajstić information content (AvgIpc) is 3.09. The molecule has 13 nitrogen and oxygen atoms in total. The van der Waals surface area contributed by atoms with Crippen LogP contribution in [0.25, 0.3) is 0 Å². The number of aromatic amines is 1. The van der Waals surface area contributed by atoms with Crippen LogP contribution in [-0.2, 0) is 32.3 Å². The molecule has 3 heterocycles. The second-order valence-electron chi connectivity index (χ2n) is 7.74. The zero-order valence-electron chi connectivity index (χ0n) is 16.6. The van der Waals surface area contributed by atoms with Crippen molar-refractivity contribution in [3.8, 4) is 0 Å². The highest BCUT2D eigenvalue weighted by Crippen LogP contribution is 2.78. The first-order valence-electron chi connectivity index (χ1n) is 9.17. The lowest BCUT2D eigenvalue weighted by Gasteiger charge is -2.35. The van der Waals surface area contributed by atoms with Gasteiger partial charge in [0.1, 0.15) is 5.60 Å². The number of aliphatic hydroxyl groups is 1. The van der Waals surface area contributed by atoms with Gasteiger partial charge < -0.3 is 19.3 Å². The zero-order chi connectivity index (χ0) is 22.8. The highest BCUT2D eigenvalue weighted by atomic mass is 31.2. The Morgan fingerprint density at radius 3 is 2.84 bits per heavy atom. The minimum atomic E-state index is -4.52. The number of phosphoric acid groups is 1. The van der Waals surface area contributed by atoms with E-state index < -0.39 is 73.9 Å². The SMILES string of the molecule is CC(C)OC(=O)OCOP1(=O)OC[C@@]23O[C@@H](n4ccc(=O)[nH]c4=O)[C@](C)(O)[C@@]2(O1)C3F. The molecule has 3 fully saturated rings. The van der Waals surface area contributed by atoms with E-state index in [-0.39, 0.29) is 0 Å². The van der Waals surface area contributed by atoms with Crippen LogP contribution in [0.2, 0.25) is 0 Å². The van der Waals surface area contributed by atoms with Gasteiger partial charge in [-0.15, -0.1) is 0 Å². The Labute approximate surface area is 173 Å². The van der Waals surface area contributed by atoms with Crippen LogP contribution in [0.3, 0.4) is 0 Å². The molecule has 2 aliphatic heterocycles. The number of nitrogens with one attached hydrogen (secondary N) is 1. The third-order valence-corrected chi connectivity index (χ3v) is 6.76. The van der Waals surface area contributed by atoms with Crippen molar-refractivity contribution in [2.75, 3.05) is 13.4 Å². The van der Waals surface area contributed by atoms with Crippen molar-refractivity contribution in [3.05, 3.63) is 33.1 Å². The number of hydrogen-bond acceptors (Lipinski definition) is 11. The van der Waals surface area contributed by atoms with Crippen molar-refractivity contribution < 1.29 is 46.6 Å². The fourth-order valence-electron chi connectivity index (χ4n) is 3.94. The van der Waals surface area contributed by atoms with Crippen LogP contribution in [0.15, 0.2) is 21.9 Å². The molecule has 3 aliphatic rings. The van der Waals surface area contributed by atoms with E-state index in [1.807, 2.05) is 4.98 Å². The highest BCUT2D eigenvalue weighted by Gasteiger charge is 2.97. The fraction of sp³-hybridized carbons (Fsp3) is 0.688. The van der Waals surface area contributed by atoms with Gasteiger partial charge in [-0.2, -0.15) is 0 Å². The summed E-state index contributed by atoms with van der Waals surface area (Å²) in [6, 6.07) is 1.01. The summed E-state index contributed by atoms with van der Waals surface area (Å²) in [5.74, 6) is 0. The molecule has 2 unspecified atom stereocenters. The molecule has 0 spiro atoms. The second-order valence-corrected chi connectivity index (χ2v) is 9.34. The van der Waals surface area contributed by atoms with Crippen LogP contribution in [0.4, 0.5) is 9.18 Å². The van der Waals surface area contributed by atoms with E-state index in [1.54, 1.807) is 13.8 Å². The Morgan fingerprint density at radius 2 is 2.19 bits per heavy atom. The van der Waals surface area contributed by atoms with Crippen LogP contribution in [0.1, 0.15) is 27.0 Å². The number of ether oxygens (including phenoxy) is 3. The first kappa shape index (κ1) is 22.1. The minimum Gasteiger partial charge on any atom is -0.432 e. The molecule has 31 heavy (non-hydrogen) atoms. The third-order valence-electron chi connectivity index (χ3n) is 5.38. The lowest BCUT2D eigenvalue weighted by atomic mass is 9.94. The molecule has 6 atom stereocenters. The molecule has 1 aromatic rings. The molecular formula is C16H20FN2O11P. The molecule has 1 aliphatic carbocycles. The lowest BCUT2D eigenvalue weighted by Crippen LogP contribution is -2.52. The summed E-state index contributed by atoms with van der Waals surface area (Å²) in [5.41, 5.74) is -7.92. The number of carbonyl (C=O) groups is 1. The van der Waals surface area contributed by atoms with Crippen molar-refractivity contribution in [3.63, 3.8) is 0 Å². The number of rotatable bonds is 5. The zero-order valence-corrected chi connectivity index (χ0v) is 17.5. The van der Waals surface area contributed by atoms with Gasteiger partial charge in [0, 0.05) is 12.3 Å². The average molecular weight is 466 g/mol. The minimum absolute atomic E-state index is 0.469. The molecule has 15 heteroatoms. The molecule has 0 bridgehead atoms. The maximum absolute atomic E-state index is 14.9. The Bertz CT molecular complexity index is 1070. The van der Waals surface area contributed by atoms with E-state index in [2.05, 4.69) is 4.74 Å². The highest BCUT2D eigenvalue weighted by molar-refractivity contribution is 7.48. The van der Waals surface area contributed by atoms with Gasteiger partial charge >= 0.3 is 19.7 Å². The van der Waals surface area contributed by atoms with Gasteiger partial charge in [-0.1, -0.05) is 0 Å². The van der Waals surface area contributed by atoms with Crippen LogP contribution in [0, 0.1) is 0 Å². The summed E-state index contributed by atoms with van der Waals surface area (Å²) >= 11 is 0. The van der Waals surface area contributed by atoms with Crippen LogP contribution >= 0.6 is 7.82 Å². The fourth-order valence-corrected chi connectivity index (χ4v) is 5.44. The summed E-state index contributed by atoms with van der Waals surface area (Å²) in [7, 11) is -4.52. The topological polar surface area (TPSA) is 165 Å². The predicted molar refractivity (Wildman–Crippen MR) is 95.7 cm³/mol. The number of phosphoric ester groups is 1. The first-order chi connectivity index (χ1) is 14.4. The summed E-state index contributed by atoms with van der Waals surface area (Å²) in [6.45, 7) is 2.75. The number of carbonyl (C=O) groups excluding carboxylic acids is 1. The molecule has 0 aromatic carbocycles. The summed E-state index contributed by atoms with van der Waals surface area (Å²) in [5, 5.41) is 11.1. The van der Waals surface area contributed by atoms with E-state index in [0.717, 1.165) is 23.8 Å². The summed E-state index contributed by atoms with van der Waals surface area (Å²) in [4.78, 5) is 36.8. The van der Waals surface area contributed by atoms with Crippen molar-refractivity contribution in [1.82, 2.24) is 9.55 Å². The van der Waals surface area contributed by atoms with E-state index in [0.29, 0.717) is 0 Å². The normalized spacial score (nSPS) is 40.8. The standard InChI is InChI=1S/C16H20FN2O11P/c1-8(2)28-13(22)25-7-27-31(24)26-6-15-10(17)16(15,30-31)14(3,23)11(29-15)19-5-4-9(20)18-12(19)21/h4-5,8,10-11,23H,6-7H2,1-3H3,(H,18,20,21)/t10?,11-,14+,15+,16+,31?/m1/s1. The molecule has 2 N–H and O–H groups in total. The first-order valence-corrected chi connectivity index (χ1v) is 10.6. The Balaban J connectivity index is 1.55. The van der Waals surface area contributed by atoms with Crippen molar-refractivity contribution >= 4 is 14.0 Å². The van der Waals surface area contributed by atoms with Gasteiger partial charge in [0.05, 0.1) is 12.7 Å². The van der Waals surface area contributed by atoms with Crippen molar-refractivity contribution in [2.45, 2.75) is 56.1 Å². The largest absolute Gasteiger partial charge is 0.510 e.